The molecule has 2 atom stereocenters. The third-order valence-corrected chi connectivity index (χ3v) is 5.48. The Balaban J connectivity index is 1.45. The van der Waals surface area contributed by atoms with E-state index in [0.29, 0.717) is 36.0 Å². The molecule has 0 bridgehead atoms. The molecule has 0 aliphatic carbocycles. The average Bonchev–Trinajstić information content (AvgIpc) is 3.47. The molecule has 4 rings (SSSR count). The molecular weight excluding hydrogens is 430 g/mol. The number of hydrogen-bond acceptors (Lipinski definition) is 4. The van der Waals surface area contributed by atoms with Gasteiger partial charge in [-0.15, -0.1) is 0 Å². The van der Waals surface area contributed by atoms with Gasteiger partial charge in [0.15, 0.2) is 0 Å². The predicted molar refractivity (Wildman–Crippen MR) is 123 cm³/mol. The van der Waals surface area contributed by atoms with E-state index in [1.807, 2.05) is 43.5 Å². The molecule has 2 N–H and O–H groups in total. The SMILES string of the molecule is CCO[C@@H]1C[C@H](C(=O)Nc2ccc(-n3cccn3)cc2)N(C(=O)Nc2ccc(Cl)cc2)C1. The molecule has 1 aliphatic heterocycles. The van der Waals surface area contributed by atoms with Gasteiger partial charge in [0.25, 0.3) is 0 Å². The van der Waals surface area contributed by atoms with Gasteiger partial charge < -0.3 is 20.3 Å². The molecule has 1 aliphatic rings. The fourth-order valence-electron chi connectivity index (χ4n) is 3.70. The smallest absolute Gasteiger partial charge is 0.322 e. The Kier molecular flexibility index (Phi) is 6.72. The van der Waals surface area contributed by atoms with E-state index in [1.165, 1.54) is 4.90 Å². The predicted octanol–water partition coefficient (Wildman–Crippen LogP) is 4.18. The van der Waals surface area contributed by atoms with Crippen molar-refractivity contribution in [1.82, 2.24) is 14.7 Å². The van der Waals surface area contributed by atoms with Crippen LogP contribution < -0.4 is 10.6 Å². The number of benzene rings is 2. The largest absolute Gasteiger partial charge is 0.377 e. The first-order valence-corrected chi connectivity index (χ1v) is 10.8. The summed E-state index contributed by atoms with van der Waals surface area (Å²) in [5.41, 5.74) is 2.13. The Labute approximate surface area is 191 Å². The number of rotatable bonds is 6. The van der Waals surface area contributed by atoms with Crippen LogP contribution in [0.25, 0.3) is 5.69 Å². The maximum atomic E-state index is 13.1. The molecule has 166 valence electrons. The summed E-state index contributed by atoms with van der Waals surface area (Å²) in [6, 6.07) is 15.0. The van der Waals surface area contributed by atoms with E-state index in [-0.39, 0.29) is 18.0 Å². The van der Waals surface area contributed by atoms with Gasteiger partial charge in [0, 0.05) is 48.4 Å². The molecule has 3 aromatic rings. The molecule has 1 aromatic heterocycles. The summed E-state index contributed by atoms with van der Waals surface area (Å²) < 4.78 is 7.44. The van der Waals surface area contributed by atoms with Crippen molar-refractivity contribution in [1.29, 1.82) is 0 Å². The van der Waals surface area contributed by atoms with Gasteiger partial charge in [-0.25, -0.2) is 9.48 Å². The zero-order valence-corrected chi connectivity index (χ0v) is 18.3. The van der Waals surface area contributed by atoms with E-state index >= 15 is 0 Å². The summed E-state index contributed by atoms with van der Waals surface area (Å²) in [7, 11) is 0. The van der Waals surface area contributed by atoms with Crippen LogP contribution in [0.4, 0.5) is 16.2 Å². The van der Waals surface area contributed by atoms with Crippen LogP contribution >= 0.6 is 11.6 Å². The van der Waals surface area contributed by atoms with Gasteiger partial charge in [-0.05, 0) is 61.5 Å². The number of halogens is 1. The highest BCUT2D eigenvalue weighted by atomic mass is 35.5. The molecule has 32 heavy (non-hydrogen) atoms. The van der Waals surface area contributed by atoms with E-state index < -0.39 is 6.04 Å². The number of anilines is 2. The van der Waals surface area contributed by atoms with E-state index in [4.69, 9.17) is 16.3 Å². The van der Waals surface area contributed by atoms with Crippen LogP contribution in [0.15, 0.2) is 67.0 Å². The van der Waals surface area contributed by atoms with E-state index in [2.05, 4.69) is 15.7 Å². The van der Waals surface area contributed by atoms with Crippen molar-refractivity contribution in [2.45, 2.75) is 25.5 Å². The molecule has 8 nitrogen and oxygen atoms in total. The molecule has 0 unspecified atom stereocenters. The Hall–Kier alpha value is -3.36. The number of hydrogen-bond donors (Lipinski definition) is 2. The molecule has 2 heterocycles. The fraction of sp³-hybridized carbons (Fsp3) is 0.261. The van der Waals surface area contributed by atoms with Gasteiger partial charge in [-0.3, -0.25) is 4.79 Å². The number of ether oxygens (including phenoxy) is 1. The minimum atomic E-state index is -0.648. The van der Waals surface area contributed by atoms with E-state index in [0.717, 1.165) is 5.69 Å². The monoisotopic (exact) mass is 453 g/mol. The summed E-state index contributed by atoms with van der Waals surface area (Å²) >= 11 is 5.91. The second-order valence-electron chi connectivity index (χ2n) is 7.41. The number of likely N-dealkylation sites (tertiary alicyclic amines) is 1. The first kappa shape index (κ1) is 21.9. The van der Waals surface area contributed by atoms with Crippen LogP contribution in [0, 0.1) is 0 Å². The lowest BCUT2D eigenvalue weighted by atomic mass is 10.1. The highest BCUT2D eigenvalue weighted by Crippen LogP contribution is 2.24. The summed E-state index contributed by atoms with van der Waals surface area (Å²) in [5, 5.41) is 10.5. The van der Waals surface area contributed by atoms with Gasteiger partial charge in [0.2, 0.25) is 5.91 Å². The molecule has 0 radical (unpaired) electrons. The van der Waals surface area contributed by atoms with Crippen LogP contribution in [0.2, 0.25) is 5.02 Å². The maximum Gasteiger partial charge on any atom is 0.322 e. The molecule has 9 heteroatoms. The average molecular weight is 454 g/mol. The van der Waals surface area contributed by atoms with E-state index in [9.17, 15) is 9.59 Å². The number of aromatic nitrogens is 2. The lowest BCUT2D eigenvalue weighted by Crippen LogP contribution is -2.45. The number of urea groups is 1. The number of carbonyl (C=O) groups excluding carboxylic acids is 2. The number of nitrogens with zero attached hydrogens (tertiary/aromatic N) is 3. The second kappa shape index (κ2) is 9.84. The molecular formula is C23H24ClN5O3. The van der Waals surface area contributed by atoms with Crippen molar-refractivity contribution in [3.05, 3.63) is 72.0 Å². The van der Waals surface area contributed by atoms with Crippen LogP contribution in [0.3, 0.4) is 0 Å². The summed E-state index contributed by atoms with van der Waals surface area (Å²) in [6.07, 6.45) is 3.78. The Bertz CT molecular complexity index is 1050. The number of nitrogens with one attached hydrogen (secondary N) is 2. The lowest BCUT2D eigenvalue weighted by molar-refractivity contribution is -0.119. The second-order valence-corrected chi connectivity index (χ2v) is 7.84. The Morgan fingerprint density at radius 3 is 2.44 bits per heavy atom. The fourth-order valence-corrected chi connectivity index (χ4v) is 3.83. The molecule has 0 spiro atoms. The Morgan fingerprint density at radius 1 is 1.09 bits per heavy atom. The minimum absolute atomic E-state index is 0.200. The highest BCUT2D eigenvalue weighted by molar-refractivity contribution is 6.30. The van der Waals surface area contributed by atoms with Gasteiger partial charge in [-0.2, -0.15) is 5.10 Å². The van der Waals surface area contributed by atoms with Crippen molar-refractivity contribution >= 4 is 34.9 Å². The number of amides is 3. The first-order chi connectivity index (χ1) is 15.5. The number of carbonyl (C=O) groups is 2. The molecule has 1 fully saturated rings. The van der Waals surface area contributed by atoms with Crippen LogP contribution in [0.1, 0.15) is 13.3 Å². The normalized spacial score (nSPS) is 17.9. The van der Waals surface area contributed by atoms with Crippen LogP contribution in [0.5, 0.6) is 0 Å². The quantitative estimate of drug-likeness (QED) is 0.586. The lowest BCUT2D eigenvalue weighted by Gasteiger charge is -2.24. The van der Waals surface area contributed by atoms with Crippen molar-refractivity contribution in [3.63, 3.8) is 0 Å². The summed E-state index contributed by atoms with van der Waals surface area (Å²) in [6.45, 7) is 2.75. The molecule has 1 saturated heterocycles. The van der Waals surface area contributed by atoms with Crippen molar-refractivity contribution in [2.24, 2.45) is 0 Å². The third-order valence-electron chi connectivity index (χ3n) is 5.23. The summed E-state index contributed by atoms with van der Waals surface area (Å²) in [4.78, 5) is 27.5. The van der Waals surface area contributed by atoms with Crippen molar-refractivity contribution in [3.8, 4) is 5.69 Å². The Morgan fingerprint density at radius 2 is 1.78 bits per heavy atom. The van der Waals surface area contributed by atoms with Crippen molar-refractivity contribution in [2.75, 3.05) is 23.8 Å². The van der Waals surface area contributed by atoms with Gasteiger partial charge in [-0.1, -0.05) is 11.6 Å². The van der Waals surface area contributed by atoms with Crippen LogP contribution in [-0.2, 0) is 9.53 Å². The standard InChI is InChI=1S/C23H24ClN5O3/c1-2-32-20-14-21(28(15-20)23(31)27-18-6-4-16(24)5-7-18)22(30)26-17-8-10-19(11-9-17)29-13-3-12-25-29/h3-13,20-21H,2,14-15H2,1H3,(H,26,30)(H,27,31)/t20-,21-/m1/s1. The summed E-state index contributed by atoms with van der Waals surface area (Å²) in [5.74, 6) is -0.259. The maximum absolute atomic E-state index is 13.1. The van der Waals surface area contributed by atoms with Gasteiger partial charge in [0.05, 0.1) is 11.8 Å². The molecule has 0 saturated carbocycles. The van der Waals surface area contributed by atoms with E-state index in [1.54, 1.807) is 35.1 Å². The van der Waals surface area contributed by atoms with Crippen molar-refractivity contribution < 1.29 is 14.3 Å². The zero-order chi connectivity index (χ0) is 22.5. The third kappa shape index (κ3) is 5.09. The topological polar surface area (TPSA) is 88.5 Å². The van der Waals surface area contributed by atoms with Crippen LogP contribution in [-0.4, -0.2) is 51.9 Å². The molecule has 2 aromatic carbocycles. The molecule has 3 amide bonds. The first-order valence-electron chi connectivity index (χ1n) is 10.4. The zero-order valence-electron chi connectivity index (χ0n) is 17.6. The van der Waals surface area contributed by atoms with Gasteiger partial charge >= 0.3 is 6.03 Å². The highest BCUT2D eigenvalue weighted by Gasteiger charge is 2.40. The van der Waals surface area contributed by atoms with Gasteiger partial charge in [0.1, 0.15) is 6.04 Å². The minimum Gasteiger partial charge on any atom is -0.377 e.